The van der Waals surface area contributed by atoms with Gasteiger partial charge in [-0.25, -0.2) is 8.78 Å². The van der Waals surface area contributed by atoms with Gasteiger partial charge in [0, 0.05) is 64.9 Å². The van der Waals surface area contributed by atoms with Crippen LogP contribution in [0.1, 0.15) is 37.8 Å². The number of anilines is 1. The number of nitriles is 1. The van der Waals surface area contributed by atoms with Crippen LogP contribution in [-0.2, 0) is 0 Å². The summed E-state index contributed by atoms with van der Waals surface area (Å²) in [6.45, 7) is 10.3. The third-order valence-electron chi connectivity index (χ3n) is 8.96. The lowest BCUT2D eigenvalue weighted by molar-refractivity contribution is 0.0297. The lowest BCUT2D eigenvalue weighted by Gasteiger charge is -2.43. The third-order valence-corrected chi connectivity index (χ3v) is 10.5. The first kappa shape index (κ1) is 30.1. The molecular formula is C32H34ClF2N5O2S. The quantitative estimate of drug-likeness (QED) is 0.326. The fraction of sp³-hybridized carbons (Fsp3) is 0.438. The fourth-order valence-electron chi connectivity index (χ4n) is 6.65. The Morgan fingerprint density at radius 1 is 1.26 bits per heavy atom. The van der Waals surface area contributed by atoms with Gasteiger partial charge in [-0.05, 0) is 70.1 Å². The van der Waals surface area contributed by atoms with Gasteiger partial charge in [0.2, 0.25) is 0 Å². The molecule has 2 aromatic carbocycles. The van der Waals surface area contributed by atoms with Crippen LogP contribution in [-0.4, -0.2) is 76.8 Å². The van der Waals surface area contributed by atoms with E-state index in [2.05, 4.69) is 17.5 Å². The summed E-state index contributed by atoms with van der Waals surface area (Å²) in [4.78, 5) is 21.3. The number of nitrogens with zero attached hydrogens (tertiary/aromatic N) is 5. The van der Waals surface area contributed by atoms with Gasteiger partial charge in [0.15, 0.2) is 0 Å². The molecule has 6 rings (SSSR count). The van der Waals surface area contributed by atoms with Gasteiger partial charge in [-0.15, -0.1) is 11.8 Å². The van der Waals surface area contributed by atoms with Gasteiger partial charge >= 0.3 is 0 Å². The first-order chi connectivity index (χ1) is 20.7. The summed E-state index contributed by atoms with van der Waals surface area (Å²) < 4.78 is 30.8. The van der Waals surface area contributed by atoms with Crippen molar-refractivity contribution >= 4 is 40.0 Å². The second-order valence-corrected chi connectivity index (χ2v) is 13.0. The minimum Gasteiger partial charge on any atom is -0.375 e. The second kappa shape index (κ2) is 12.2. The summed E-state index contributed by atoms with van der Waals surface area (Å²) in [5, 5.41) is 21.7. The molecule has 0 aliphatic carbocycles. The lowest BCUT2D eigenvalue weighted by Crippen LogP contribution is -2.55. The maximum atomic E-state index is 15.2. The zero-order valence-corrected chi connectivity index (χ0v) is 25.6. The molecule has 4 heterocycles. The van der Waals surface area contributed by atoms with Crippen molar-refractivity contribution in [2.24, 2.45) is 0 Å². The van der Waals surface area contributed by atoms with Crippen LogP contribution in [0.2, 0.25) is 5.02 Å². The Kier molecular flexibility index (Phi) is 8.55. The molecule has 3 aromatic rings. The third kappa shape index (κ3) is 5.36. The van der Waals surface area contributed by atoms with E-state index in [4.69, 9.17) is 11.6 Å². The van der Waals surface area contributed by atoms with Crippen molar-refractivity contribution in [1.82, 2.24) is 14.4 Å². The number of hydrogen-bond donors (Lipinski definition) is 1. The largest absolute Gasteiger partial charge is 0.375 e. The Morgan fingerprint density at radius 2 is 2.05 bits per heavy atom. The average molecular weight is 626 g/mol. The van der Waals surface area contributed by atoms with Crippen LogP contribution in [0.15, 0.2) is 46.6 Å². The Morgan fingerprint density at radius 3 is 2.70 bits per heavy atom. The van der Waals surface area contributed by atoms with Crippen LogP contribution < -0.4 is 10.5 Å². The summed E-state index contributed by atoms with van der Waals surface area (Å²) in [6, 6.07) is 7.07. The number of aromatic nitrogens is 1. The molecule has 0 amide bonds. The lowest BCUT2D eigenvalue weighted by atomic mass is 9.97. The number of aliphatic hydroxyl groups excluding tert-OH is 1. The summed E-state index contributed by atoms with van der Waals surface area (Å²) in [7, 11) is 0. The molecule has 3 aliphatic rings. The Labute approximate surface area is 258 Å². The number of pyridine rings is 1. The van der Waals surface area contributed by atoms with Crippen LogP contribution >= 0.6 is 23.4 Å². The molecule has 2 fully saturated rings. The molecule has 11 heteroatoms. The minimum absolute atomic E-state index is 0.0550. The smallest absolute Gasteiger partial charge is 0.271 e. The Hall–Kier alpha value is -2.94. The second-order valence-electron chi connectivity index (χ2n) is 11.6. The van der Waals surface area contributed by atoms with Crippen LogP contribution in [0.25, 0.3) is 22.0 Å². The minimum atomic E-state index is -0.794. The van der Waals surface area contributed by atoms with Gasteiger partial charge < -0.3 is 19.5 Å². The zero-order valence-electron chi connectivity index (χ0n) is 24.0. The van der Waals surface area contributed by atoms with E-state index in [0.717, 1.165) is 38.5 Å². The van der Waals surface area contributed by atoms with E-state index in [1.807, 2.05) is 16.7 Å². The van der Waals surface area contributed by atoms with Gasteiger partial charge in [0.25, 0.3) is 5.56 Å². The van der Waals surface area contributed by atoms with Crippen LogP contribution in [0.5, 0.6) is 0 Å². The number of thioether (sulfide) groups is 1. The van der Waals surface area contributed by atoms with E-state index < -0.39 is 17.9 Å². The van der Waals surface area contributed by atoms with E-state index in [1.54, 1.807) is 10.6 Å². The number of halogens is 3. The van der Waals surface area contributed by atoms with E-state index in [1.165, 1.54) is 36.4 Å². The summed E-state index contributed by atoms with van der Waals surface area (Å²) >= 11 is 8.46. The van der Waals surface area contributed by atoms with Gasteiger partial charge in [-0.3, -0.25) is 9.69 Å². The summed E-state index contributed by atoms with van der Waals surface area (Å²) in [5.41, 5.74) is 1.42. The van der Waals surface area contributed by atoms with Crippen molar-refractivity contribution in [1.29, 1.82) is 5.26 Å². The molecule has 3 atom stereocenters. The Bertz CT molecular complexity index is 1690. The van der Waals surface area contributed by atoms with Gasteiger partial charge in [-0.2, -0.15) is 5.26 Å². The number of rotatable bonds is 8. The topological polar surface area (TPSA) is 75.7 Å². The highest BCUT2D eigenvalue weighted by Crippen LogP contribution is 2.49. The highest BCUT2D eigenvalue weighted by atomic mass is 35.5. The number of aliphatic hydroxyl groups is 1. The van der Waals surface area contributed by atoms with Crippen molar-refractivity contribution in [2.45, 2.75) is 49.4 Å². The molecule has 2 unspecified atom stereocenters. The normalized spacial score (nSPS) is 21.4. The maximum absolute atomic E-state index is 15.2. The molecule has 3 aliphatic heterocycles. The molecule has 1 N–H and O–H groups in total. The summed E-state index contributed by atoms with van der Waals surface area (Å²) in [6.07, 6.45) is 3.57. The van der Waals surface area contributed by atoms with Crippen molar-refractivity contribution in [3.63, 3.8) is 0 Å². The molecule has 43 heavy (non-hydrogen) atoms. The average Bonchev–Trinajstić information content (AvgIpc) is 2.96. The zero-order chi connectivity index (χ0) is 30.4. The number of benzene rings is 2. The summed E-state index contributed by atoms with van der Waals surface area (Å²) in [5.74, 6) is -0.853. The van der Waals surface area contributed by atoms with Gasteiger partial charge in [-0.1, -0.05) is 18.2 Å². The number of piperazine rings is 1. The van der Waals surface area contributed by atoms with Crippen LogP contribution in [0, 0.1) is 23.0 Å². The highest BCUT2D eigenvalue weighted by molar-refractivity contribution is 7.99. The first-order valence-corrected chi connectivity index (χ1v) is 16.1. The van der Waals surface area contributed by atoms with E-state index in [0.29, 0.717) is 52.4 Å². The van der Waals surface area contributed by atoms with Crippen LogP contribution in [0.4, 0.5) is 14.5 Å². The molecule has 0 spiro atoms. The monoisotopic (exact) mass is 625 g/mol. The van der Waals surface area contributed by atoms with E-state index in [9.17, 15) is 19.6 Å². The van der Waals surface area contributed by atoms with Crippen molar-refractivity contribution in [3.8, 4) is 17.2 Å². The predicted molar refractivity (Wildman–Crippen MR) is 168 cm³/mol. The van der Waals surface area contributed by atoms with Crippen molar-refractivity contribution in [2.75, 3.05) is 49.9 Å². The van der Waals surface area contributed by atoms with Gasteiger partial charge in [0.05, 0.1) is 16.2 Å². The standard InChI is InChI=1S/C32H34ClF2N5O2S/c1-3-27(41)38-12-13-39(19(2)17-38)29-23-15-25(33)28(22-8-7-20(34)14-26(22)35)31-30(23)40(32(42)24(29)16-36)21(18-43-31)6-4-9-37-10-5-11-37/h3,7-8,14-15,19,21,27,41H,1,4-6,9-13,17-18H2,2H3/t19-,21?,27?/m0/s1. The molecule has 0 radical (unpaired) electrons. The molecule has 0 bridgehead atoms. The Balaban J connectivity index is 1.55. The fourth-order valence-corrected chi connectivity index (χ4v) is 8.40. The number of likely N-dealkylation sites (tertiary alicyclic amines) is 1. The van der Waals surface area contributed by atoms with E-state index in [-0.39, 0.29) is 33.8 Å². The molecule has 0 saturated carbocycles. The molecule has 7 nitrogen and oxygen atoms in total. The molecular weight excluding hydrogens is 592 g/mol. The van der Waals surface area contributed by atoms with Crippen LogP contribution in [0.3, 0.4) is 0 Å². The SMILES string of the molecule is C=CC(O)N1CCN(c2c(C#N)c(=O)n3c4c(c(-c5ccc(F)cc5F)c(Cl)cc24)SCC3CCCN2CCC2)[C@@H](C)C1. The van der Waals surface area contributed by atoms with Crippen molar-refractivity contribution < 1.29 is 13.9 Å². The first-order valence-electron chi connectivity index (χ1n) is 14.7. The molecule has 226 valence electrons. The molecule has 2 saturated heterocycles. The number of hydrogen-bond acceptors (Lipinski definition) is 7. The maximum Gasteiger partial charge on any atom is 0.271 e. The highest BCUT2D eigenvalue weighted by Gasteiger charge is 2.35. The van der Waals surface area contributed by atoms with Crippen molar-refractivity contribution in [3.05, 3.63) is 69.5 Å². The van der Waals surface area contributed by atoms with Gasteiger partial charge in [0.1, 0.15) is 29.5 Å². The predicted octanol–water partition coefficient (Wildman–Crippen LogP) is 5.62. The molecule has 1 aromatic heterocycles. The van der Waals surface area contributed by atoms with E-state index >= 15 is 4.39 Å².